The number of halogens is 1. The van der Waals surface area contributed by atoms with Gasteiger partial charge in [0, 0.05) is 31.4 Å². The number of likely N-dealkylation sites (tertiary alicyclic amines) is 1. The molecular weight excluding hydrogens is 380 g/mol. The molecule has 4 rings (SSSR count). The summed E-state index contributed by atoms with van der Waals surface area (Å²) in [6, 6.07) is 10.3. The highest BCUT2D eigenvalue weighted by Crippen LogP contribution is 2.31. The fraction of sp³-hybridized carbons (Fsp3) is 0.350. The summed E-state index contributed by atoms with van der Waals surface area (Å²) in [5, 5.41) is 3.43. The van der Waals surface area contributed by atoms with Crippen molar-refractivity contribution in [2.75, 3.05) is 13.1 Å². The Morgan fingerprint density at radius 3 is 2.57 bits per heavy atom. The number of piperidine rings is 1. The zero-order chi connectivity index (χ0) is 19.9. The van der Waals surface area contributed by atoms with Gasteiger partial charge in [0.1, 0.15) is 11.2 Å². The van der Waals surface area contributed by atoms with Crippen LogP contribution in [0.1, 0.15) is 28.9 Å². The molecule has 0 aliphatic carbocycles. The van der Waals surface area contributed by atoms with Crippen LogP contribution in [0.3, 0.4) is 0 Å². The molecule has 146 valence electrons. The summed E-state index contributed by atoms with van der Waals surface area (Å²) in [5.41, 5.74) is 0.477. The number of hydrogen-bond acceptors (Lipinski definition) is 3. The van der Waals surface area contributed by atoms with Gasteiger partial charge in [0.2, 0.25) is 0 Å². The maximum atomic E-state index is 13.0. The number of nitrogens with one attached hydrogen (secondary N) is 1. The van der Waals surface area contributed by atoms with E-state index >= 15 is 0 Å². The van der Waals surface area contributed by atoms with E-state index in [0.717, 1.165) is 5.56 Å². The second kappa shape index (κ2) is 6.98. The molecule has 0 unspecified atom stereocenters. The maximum absolute atomic E-state index is 13.0. The van der Waals surface area contributed by atoms with Gasteiger partial charge < -0.3 is 14.8 Å². The van der Waals surface area contributed by atoms with Gasteiger partial charge in [-0.25, -0.2) is 4.79 Å². The van der Waals surface area contributed by atoms with E-state index in [1.165, 1.54) is 4.90 Å². The lowest BCUT2D eigenvalue weighted by molar-refractivity contribution is -0.133. The lowest BCUT2D eigenvalue weighted by Crippen LogP contribution is -2.56. The van der Waals surface area contributed by atoms with Crippen molar-refractivity contribution in [3.05, 3.63) is 58.9 Å². The van der Waals surface area contributed by atoms with E-state index in [2.05, 4.69) is 5.32 Å². The van der Waals surface area contributed by atoms with E-state index in [0.29, 0.717) is 36.6 Å². The molecule has 4 amide bonds. The molecule has 8 heteroatoms. The van der Waals surface area contributed by atoms with Crippen LogP contribution in [0.4, 0.5) is 4.79 Å². The number of aryl methyl sites for hydroxylation is 1. The third-order valence-electron chi connectivity index (χ3n) is 5.54. The molecule has 2 fully saturated rings. The zero-order valence-electron chi connectivity index (χ0n) is 15.5. The SMILES string of the molecule is Cn1cccc1C(=O)N1CCC2(CC1)NC(=O)N(Cc1cccc(Cl)c1)C2=O. The third-order valence-corrected chi connectivity index (χ3v) is 5.78. The van der Waals surface area contributed by atoms with Crippen molar-refractivity contribution in [3.8, 4) is 0 Å². The van der Waals surface area contributed by atoms with E-state index in [4.69, 9.17) is 11.6 Å². The number of amides is 4. The molecule has 0 saturated carbocycles. The average molecular weight is 401 g/mol. The Morgan fingerprint density at radius 2 is 1.93 bits per heavy atom. The number of nitrogens with zero attached hydrogens (tertiary/aromatic N) is 3. The molecule has 1 spiro atoms. The quantitative estimate of drug-likeness (QED) is 0.804. The molecule has 28 heavy (non-hydrogen) atoms. The second-order valence-electron chi connectivity index (χ2n) is 7.33. The Morgan fingerprint density at radius 1 is 1.18 bits per heavy atom. The summed E-state index contributed by atoms with van der Waals surface area (Å²) in [5.74, 6) is -0.293. The molecule has 2 saturated heterocycles. The minimum absolute atomic E-state index is 0.0603. The Bertz CT molecular complexity index is 946. The third kappa shape index (κ3) is 3.16. The fourth-order valence-corrected chi connectivity index (χ4v) is 4.13. The minimum atomic E-state index is -0.930. The van der Waals surface area contributed by atoms with Crippen molar-refractivity contribution < 1.29 is 14.4 Å². The van der Waals surface area contributed by atoms with Gasteiger partial charge in [-0.15, -0.1) is 0 Å². The number of carbonyl (C=O) groups excluding carboxylic acids is 3. The molecule has 1 aromatic heterocycles. The van der Waals surface area contributed by atoms with Crippen LogP contribution in [0.25, 0.3) is 0 Å². The Labute approximate surface area is 167 Å². The summed E-state index contributed by atoms with van der Waals surface area (Å²) in [6.45, 7) is 1.01. The normalized spacial score (nSPS) is 18.6. The second-order valence-corrected chi connectivity index (χ2v) is 7.77. The highest BCUT2D eigenvalue weighted by atomic mass is 35.5. The molecule has 2 aromatic rings. The molecular formula is C20H21ClN4O3. The molecule has 1 aromatic carbocycles. The summed E-state index contributed by atoms with van der Waals surface area (Å²) < 4.78 is 1.78. The molecule has 2 aliphatic rings. The van der Waals surface area contributed by atoms with Gasteiger partial charge in [0.05, 0.1) is 6.54 Å². The molecule has 7 nitrogen and oxygen atoms in total. The van der Waals surface area contributed by atoms with Gasteiger partial charge in [-0.3, -0.25) is 14.5 Å². The first-order chi connectivity index (χ1) is 13.4. The van der Waals surface area contributed by atoms with Gasteiger partial charge in [-0.05, 0) is 42.7 Å². The van der Waals surface area contributed by atoms with Crippen LogP contribution in [0, 0.1) is 0 Å². The van der Waals surface area contributed by atoms with Crippen molar-refractivity contribution in [3.63, 3.8) is 0 Å². The summed E-state index contributed by atoms with van der Waals surface area (Å²) in [7, 11) is 1.83. The number of imide groups is 1. The van der Waals surface area contributed by atoms with Crippen molar-refractivity contribution in [1.82, 2.24) is 19.7 Å². The molecule has 1 N–H and O–H groups in total. The van der Waals surface area contributed by atoms with Crippen molar-refractivity contribution in [2.24, 2.45) is 7.05 Å². The van der Waals surface area contributed by atoms with E-state index in [1.54, 1.807) is 33.7 Å². The number of benzene rings is 1. The van der Waals surface area contributed by atoms with Crippen molar-refractivity contribution in [2.45, 2.75) is 24.9 Å². The number of hydrogen-bond donors (Lipinski definition) is 1. The van der Waals surface area contributed by atoms with Crippen molar-refractivity contribution >= 4 is 29.4 Å². The van der Waals surface area contributed by atoms with Gasteiger partial charge in [0.15, 0.2) is 0 Å². The van der Waals surface area contributed by atoms with Crippen LogP contribution in [-0.2, 0) is 18.4 Å². The highest BCUT2D eigenvalue weighted by molar-refractivity contribution is 6.30. The number of urea groups is 1. The Balaban J connectivity index is 1.45. The zero-order valence-corrected chi connectivity index (χ0v) is 16.3. The summed E-state index contributed by atoms with van der Waals surface area (Å²) in [4.78, 5) is 41.2. The van der Waals surface area contributed by atoms with E-state index < -0.39 is 11.6 Å². The topological polar surface area (TPSA) is 74.7 Å². The number of aromatic nitrogens is 1. The van der Waals surface area contributed by atoms with Crippen LogP contribution in [0.15, 0.2) is 42.6 Å². The summed E-state index contributed by atoms with van der Waals surface area (Å²) >= 11 is 6.00. The standard InChI is InChI=1S/C20H21ClN4O3/c1-23-9-3-6-16(23)17(26)24-10-7-20(8-11-24)18(27)25(19(28)22-20)13-14-4-2-5-15(21)12-14/h2-6,9,12H,7-8,10-11,13H2,1H3,(H,22,28). The van der Waals surface area contributed by atoms with Crippen LogP contribution < -0.4 is 5.32 Å². The van der Waals surface area contributed by atoms with Gasteiger partial charge in [0.25, 0.3) is 11.8 Å². The van der Waals surface area contributed by atoms with Crippen LogP contribution >= 0.6 is 11.6 Å². The first-order valence-corrected chi connectivity index (χ1v) is 9.57. The van der Waals surface area contributed by atoms with Crippen molar-refractivity contribution in [1.29, 1.82) is 0 Å². The number of rotatable bonds is 3. The predicted molar refractivity (Wildman–Crippen MR) is 104 cm³/mol. The molecule has 0 atom stereocenters. The minimum Gasteiger partial charge on any atom is -0.347 e. The molecule has 3 heterocycles. The predicted octanol–water partition coefficient (Wildman–Crippen LogP) is 2.41. The van der Waals surface area contributed by atoms with E-state index in [9.17, 15) is 14.4 Å². The van der Waals surface area contributed by atoms with Gasteiger partial charge >= 0.3 is 6.03 Å². The molecule has 0 bridgehead atoms. The average Bonchev–Trinajstić information content (AvgIpc) is 3.19. The van der Waals surface area contributed by atoms with E-state index in [-0.39, 0.29) is 18.4 Å². The van der Waals surface area contributed by atoms with Gasteiger partial charge in [-0.2, -0.15) is 0 Å². The summed E-state index contributed by atoms with van der Waals surface area (Å²) in [6.07, 6.45) is 2.63. The molecule has 0 radical (unpaired) electrons. The highest BCUT2D eigenvalue weighted by Gasteiger charge is 2.52. The fourth-order valence-electron chi connectivity index (χ4n) is 3.91. The smallest absolute Gasteiger partial charge is 0.325 e. The van der Waals surface area contributed by atoms with Crippen LogP contribution in [0.5, 0.6) is 0 Å². The van der Waals surface area contributed by atoms with E-state index in [1.807, 2.05) is 25.4 Å². The maximum Gasteiger partial charge on any atom is 0.325 e. The number of carbonyl (C=O) groups is 3. The lowest BCUT2D eigenvalue weighted by atomic mass is 9.87. The van der Waals surface area contributed by atoms with Crippen LogP contribution in [-0.4, -0.2) is 50.8 Å². The monoisotopic (exact) mass is 400 g/mol. The Hall–Kier alpha value is -2.80. The largest absolute Gasteiger partial charge is 0.347 e. The lowest BCUT2D eigenvalue weighted by Gasteiger charge is -2.37. The molecule has 2 aliphatic heterocycles. The van der Waals surface area contributed by atoms with Crippen LogP contribution in [0.2, 0.25) is 5.02 Å². The Kier molecular flexibility index (Phi) is 4.63. The van der Waals surface area contributed by atoms with Gasteiger partial charge in [-0.1, -0.05) is 23.7 Å². The first kappa shape index (κ1) is 18.6. The first-order valence-electron chi connectivity index (χ1n) is 9.19.